The van der Waals surface area contributed by atoms with Crippen molar-refractivity contribution >= 4 is 23.4 Å². The van der Waals surface area contributed by atoms with Crippen LogP contribution in [0.5, 0.6) is 11.5 Å². The maximum Gasteiger partial charge on any atom is 0.262 e. The Balaban J connectivity index is 1.64. The molecule has 0 radical (unpaired) electrons. The molecular weight excluding hydrogens is 411 g/mol. The van der Waals surface area contributed by atoms with Crippen LogP contribution in [0.1, 0.15) is 25.3 Å². The van der Waals surface area contributed by atoms with Gasteiger partial charge in [0.25, 0.3) is 5.91 Å². The van der Waals surface area contributed by atoms with Crippen molar-refractivity contribution in [3.63, 3.8) is 0 Å². The molecule has 30 heavy (non-hydrogen) atoms. The molecule has 2 amide bonds. The number of carbonyl (C=O) groups is 2. The first-order valence-electron chi connectivity index (χ1n) is 9.41. The highest BCUT2D eigenvalue weighted by atomic mass is 35.5. The van der Waals surface area contributed by atoms with E-state index in [1.54, 1.807) is 0 Å². The van der Waals surface area contributed by atoms with Gasteiger partial charge in [0.15, 0.2) is 6.61 Å². The monoisotopic (exact) mass is 434 g/mol. The highest BCUT2D eigenvalue weighted by Gasteiger charge is 2.09. The minimum absolute atomic E-state index is 0.0269. The molecule has 8 heteroatoms. The molecule has 2 aromatic rings. The largest absolute Gasteiger partial charge is 0.494 e. The summed E-state index contributed by atoms with van der Waals surface area (Å²) in [5, 5.41) is 5.34. The number of allylic oxidation sites excluding steroid dienone is 1. The molecule has 0 aromatic heterocycles. The number of hydrogen-bond acceptors (Lipinski definition) is 4. The van der Waals surface area contributed by atoms with Gasteiger partial charge >= 0.3 is 0 Å². The highest BCUT2D eigenvalue weighted by Crippen LogP contribution is 2.20. The van der Waals surface area contributed by atoms with Crippen LogP contribution in [0.3, 0.4) is 0 Å². The third-order valence-corrected chi connectivity index (χ3v) is 4.26. The fourth-order valence-corrected chi connectivity index (χ4v) is 2.55. The van der Waals surface area contributed by atoms with E-state index < -0.39 is 11.7 Å². The third kappa shape index (κ3) is 8.13. The smallest absolute Gasteiger partial charge is 0.262 e. The Hall–Kier alpha value is -3.06. The molecular formula is C22H24ClFN2O4. The Morgan fingerprint density at radius 2 is 1.73 bits per heavy atom. The number of benzene rings is 2. The van der Waals surface area contributed by atoms with Crippen molar-refractivity contribution in [1.82, 2.24) is 10.6 Å². The lowest BCUT2D eigenvalue weighted by atomic mass is 10.2. The Bertz CT molecular complexity index is 887. The molecule has 2 rings (SSSR count). The normalized spacial score (nSPS) is 10.2. The van der Waals surface area contributed by atoms with Gasteiger partial charge < -0.3 is 20.1 Å². The van der Waals surface area contributed by atoms with Crippen molar-refractivity contribution in [3.05, 3.63) is 71.1 Å². The Labute approximate surface area is 180 Å². The van der Waals surface area contributed by atoms with Gasteiger partial charge in [-0.1, -0.05) is 30.3 Å². The lowest BCUT2D eigenvalue weighted by Gasteiger charge is -2.10. The van der Waals surface area contributed by atoms with E-state index in [1.165, 1.54) is 12.1 Å². The van der Waals surface area contributed by atoms with Gasteiger partial charge in [0, 0.05) is 24.7 Å². The summed E-state index contributed by atoms with van der Waals surface area (Å²) in [6, 6.07) is 11.4. The highest BCUT2D eigenvalue weighted by molar-refractivity contribution is 6.30. The van der Waals surface area contributed by atoms with Gasteiger partial charge in [0.05, 0.1) is 11.6 Å². The average molecular weight is 435 g/mol. The molecule has 6 nitrogen and oxygen atoms in total. The van der Waals surface area contributed by atoms with Gasteiger partial charge in [-0.15, -0.1) is 0 Å². The number of hydrogen-bond donors (Lipinski definition) is 2. The topological polar surface area (TPSA) is 76.7 Å². The molecule has 0 aliphatic rings. The van der Waals surface area contributed by atoms with Crippen LogP contribution in [0, 0.1) is 5.82 Å². The summed E-state index contributed by atoms with van der Waals surface area (Å²) in [7, 11) is 0. The number of nitrogens with one attached hydrogen (secondary N) is 2. The van der Waals surface area contributed by atoms with Crippen LogP contribution in [0.2, 0.25) is 5.02 Å². The summed E-state index contributed by atoms with van der Waals surface area (Å²) in [5.74, 6) is -0.274. The number of carbonyl (C=O) groups excluding carboxylic acids is 2. The van der Waals surface area contributed by atoms with Gasteiger partial charge in [-0.3, -0.25) is 9.59 Å². The Morgan fingerprint density at radius 1 is 1.03 bits per heavy atom. The van der Waals surface area contributed by atoms with Crippen molar-refractivity contribution in [3.8, 4) is 11.5 Å². The second-order valence-electron chi connectivity index (χ2n) is 6.37. The summed E-state index contributed by atoms with van der Waals surface area (Å²) >= 11 is 5.59. The molecule has 0 saturated carbocycles. The molecule has 0 bridgehead atoms. The first kappa shape index (κ1) is 23.2. The zero-order valence-electron chi connectivity index (χ0n) is 16.7. The van der Waals surface area contributed by atoms with Gasteiger partial charge in [0.2, 0.25) is 5.91 Å². The summed E-state index contributed by atoms with van der Waals surface area (Å²) in [6.07, 6.45) is 0.468. The Morgan fingerprint density at radius 3 is 2.40 bits per heavy atom. The second kappa shape index (κ2) is 11.8. The van der Waals surface area contributed by atoms with Crippen LogP contribution in [0.4, 0.5) is 4.39 Å². The zero-order chi connectivity index (χ0) is 21.9. The van der Waals surface area contributed by atoms with Gasteiger partial charge in [-0.25, -0.2) is 4.39 Å². The molecule has 0 fully saturated rings. The maximum atomic E-state index is 13.3. The minimum atomic E-state index is -0.629. The van der Waals surface area contributed by atoms with E-state index in [9.17, 15) is 14.0 Å². The van der Waals surface area contributed by atoms with E-state index in [0.29, 0.717) is 18.8 Å². The van der Waals surface area contributed by atoms with Crippen LogP contribution < -0.4 is 20.1 Å². The molecule has 160 valence electrons. The predicted octanol–water partition coefficient (Wildman–Crippen LogP) is 3.98. The minimum Gasteiger partial charge on any atom is -0.494 e. The first-order valence-corrected chi connectivity index (χ1v) is 9.79. The lowest BCUT2D eigenvalue weighted by molar-refractivity contribution is -0.123. The second-order valence-corrected chi connectivity index (χ2v) is 6.78. The van der Waals surface area contributed by atoms with E-state index in [1.807, 2.05) is 31.2 Å². The molecule has 0 saturated heterocycles. The summed E-state index contributed by atoms with van der Waals surface area (Å²) in [6.45, 7) is 6.33. The van der Waals surface area contributed by atoms with Crippen LogP contribution in [-0.4, -0.2) is 25.0 Å². The van der Waals surface area contributed by atoms with Crippen LogP contribution in [-0.2, 0) is 16.1 Å². The third-order valence-electron chi connectivity index (χ3n) is 3.96. The van der Waals surface area contributed by atoms with E-state index in [-0.39, 0.29) is 36.1 Å². The zero-order valence-corrected chi connectivity index (χ0v) is 17.4. The van der Waals surface area contributed by atoms with E-state index in [2.05, 4.69) is 17.2 Å². The molecule has 0 aliphatic heterocycles. The maximum absolute atomic E-state index is 13.3. The van der Waals surface area contributed by atoms with Gasteiger partial charge in [-0.05, 0) is 43.2 Å². The number of halogens is 2. The SMILES string of the molecule is C=C(CCC(=O)NCc1ccc(OCC)cc1)NC(=O)COc1ccc(Cl)c(F)c1. The molecule has 0 aliphatic carbocycles. The summed E-state index contributed by atoms with van der Waals surface area (Å²) in [4.78, 5) is 23.9. The molecule has 0 atom stereocenters. The van der Waals surface area contributed by atoms with Crippen LogP contribution in [0.25, 0.3) is 0 Å². The number of amides is 2. The summed E-state index contributed by atoms with van der Waals surface area (Å²) in [5.41, 5.74) is 1.34. The van der Waals surface area contributed by atoms with Crippen molar-refractivity contribution in [1.29, 1.82) is 0 Å². The van der Waals surface area contributed by atoms with Crippen molar-refractivity contribution < 1.29 is 23.5 Å². The Kier molecular flexibility index (Phi) is 9.15. The van der Waals surface area contributed by atoms with Gasteiger partial charge in [-0.2, -0.15) is 0 Å². The number of ether oxygens (including phenoxy) is 2. The first-order chi connectivity index (χ1) is 14.4. The fraction of sp³-hybridized carbons (Fsp3) is 0.273. The lowest BCUT2D eigenvalue weighted by Crippen LogP contribution is -2.29. The summed E-state index contributed by atoms with van der Waals surface area (Å²) < 4.78 is 23.9. The van der Waals surface area contributed by atoms with Crippen LogP contribution >= 0.6 is 11.6 Å². The van der Waals surface area contributed by atoms with E-state index in [0.717, 1.165) is 17.4 Å². The molecule has 0 spiro atoms. The van der Waals surface area contributed by atoms with E-state index >= 15 is 0 Å². The standard InChI is InChI=1S/C22H24ClFN2O4/c1-3-29-17-7-5-16(6-8-17)13-25-21(27)11-4-15(2)26-22(28)14-30-18-9-10-19(23)20(24)12-18/h5-10,12H,2-4,11,13-14H2,1H3,(H,25,27)(H,26,28). The van der Waals surface area contributed by atoms with Crippen LogP contribution in [0.15, 0.2) is 54.7 Å². The van der Waals surface area contributed by atoms with E-state index in [4.69, 9.17) is 21.1 Å². The predicted molar refractivity (Wildman–Crippen MR) is 113 cm³/mol. The molecule has 2 aromatic carbocycles. The van der Waals surface area contributed by atoms with Gasteiger partial charge in [0.1, 0.15) is 17.3 Å². The average Bonchev–Trinajstić information content (AvgIpc) is 2.73. The van der Waals surface area contributed by atoms with Crippen molar-refractivity contribution in [2.75, 3.05) is 13.2 Å². The van der Waals surface area contributed by atoms with Crippen molar-refractivity contribution in [2.24, 2.45) is 0 Å². The van der Waals surface area contributed by atoms with Crippen molar-refractivity contribution in [2.45, 2.75) is 26.3 Å². The molecule has 2 N–H and O–H groups in total. The molecule has 0 heterocycles. The quantitative estimate of drug-likeness (QED) is 0.560. The fourth-order valence-electron chi connectivity index (χ4n) is 2.43. The number of rotatable bonds is 11. The molecule has 0 unspecified atom stereocenters.